The lowest BCUT2D eigenvalue weighted by Crippen LogP contribution is -2.14. The molecule has 3 aromatic rings. The molecular weight excluding hydrogens is 434 g/mol. The van der Waals surface area contributed by atoms with Crippen LogP contribution in [0.2, 0.25) is 0 Å². The van der Waals surface area contributed by atoms with Gasteiger partial charge in [-0.3, -0.25) is 4.79 Å². The number of aryl methyl sites for hydroxylation is 1. The summed E-state index contributed by atoms with van der Waals surface area (Å²) < 4.78 is 37.1. The maximum atomic E-state index is 13.9. The summed E-state index contributed by atoms with van der Waals surface area (Å²) in [5, 5.41) is 9.27. The molecule has 0 saturated heterocycles. The lowest BCUT2D eigenvalue weighted by Gasteiger charge is -2.10. The number of benzene rings is 1. The zero-order valence-corrected chi connectivity index (χ0v) is 17.5. The summed E-state index contributed by atoms with van der Waals surface area (Å²) in [4.78, 5) is 20.9. The molecule has 0 atom stereocenters. The zero-order valence-electron chi connectivity index (χ0n) is 15.8. The van der Waals surface area contributed by atoms with E-state index in [-0.39, 0.29) is 41.1 Å². The fourth-order valence-electron chi connectivity index (χ4n) is 2.29. The maximum absolute atomic E-state index is 13.9. The standard InChI is InChI=1S/C19H18F2N4O3S2/c1-25-10-13(5-6-17(25)27)30-24-15-9-16(28-8-7-26)23-19(22-15)29-11-12-3-2-4-14(20)18(12)21/h2-6,9-10,26H,7-8,11H2,1H3,(H,22,23,24). The number of aliphatic hydroxyl groups is 1. The summed E-state index contributed by atoms with van der Waals surface area (Å²) in [6.07, 6.45) is 1.67. The van der Waals surface area contributed by atoms with Crippen LogP contribution in [0.15, 0.2) is 57.4 Å². The Kier molecular flexibility index (Phi) is 7.66. The Morgan fingerprint density at radius 1 is 1.23 bits per heavy atom. The highest BCUT2D eigenvalue weighted by atomic mass is 32.2. The number of rotatable bonds is 9. The maximum Gasteiger partial charge on any atom is 0.250 e. The fraction of sp³-hybridized carbons (Fsp3) is 0.211. The van der Waals surface area contributed by atoms with Crippen LogP contribution < -0.4 is 15.0 Å². The Morgan fingerprint density at radius 2 is 2.07 bits per heavy atom. The molecule has 0 spiro atoms. The van der Waals surface area contributed by atoms with E-state index in [0.717, 1.165) is 22.7 Å². The molecule has 7 nitrogen and oxygen atoms in total. The molecule has 0 unspecified atom stereocenters. The number of nitrogens with zero attached hydrogens (tertiary/aromatic N) is 3. The second-order valence-corrected chi connectivity index (χ2v) is 7.79. The highest BCUT2D eigenvalue weighted by Gasteiger charge is 2.11. The zero-order chi connectivity index (χ0) is 21.5. The van der Waals surface area contributed by atoms with Gasteiger partial charge in [-0.2, -0.15) is 4.98 Å². The first-order valence-corrected chi connectivity index (χ1v) is 10.5. The predicted octanol–water partition coefficient (Wildman–Crippen LogP) is 3.24. The van der Waals surface area contributed by atoms with Crippen molar-refractivity contribution in [3.05, 3.63) is 70.1 Å². The average Bonchev–Trinajstić information content (AvgIpc) is 2.74. The normalized spacial score (nSPS) is 10.8. The van der Waals surface area contributed by atoms with Crippen LogP contribution in [-0.2, 0) is 12.8 Å². The third kappa shape index (κ3) is 5.94. The highest BCUT2D eigenvalue weighted by molar-refractivity contribution is 8.00. The molecule has 0 saturated carbocycles. The number of ether oxygens (including phenoxy) is 1. The Bertz CT molecular complexity index is 1080. The van der Waals surface area contributed by atoms with Crippen LogP contribution in [0.1, 0.15) is 5.56 Å². The van der Waals surface area contributed by atoms with Gasteiger partial charge >= 0.3 is 0 Å². The second kappa shape index (κ2) is 10.4. The number of halogens is 2. The summed E-state index contributed by atoms with van der Waals surface area (Å²) in [6, 6.07) is 8.67. The third-order valence-corrected chi connectivity index (χ3v) is 5.43. The number of pyridine rings is 1. The van der Waals surface area contributed by atoms with Crippen molar-refractivity contribution in [3.63, 3.8) is 0 Å². The molecule has 158 valence electrons. The largest absolute Gasteiger partial charge is 0.475 e. The molecule has 0 radical (unpaired) electrons. The van der Waals surface area contributed by atoms with Gasteiger partial charge in [-0.05, 0) is 24.1 Å². The van der Waals surface area contributed by atoms with E-state index in [9.17, 15) is 13.6 Å². The molecule has 0 aliphatic heterocycles. The van der Waals surface area contributed by atoms with Crippen molar-refractivity contribution < 1.29 is 18.6 Å². The first-order chi connectivity index (χ1) is 14.5. The minimum absolute atomic E-state index is 0.0486. The molecule has 0 bridgehead atoms. The first-order valence-electron chi connectivity index (χ1n) is 8.74. The molecule has 2 N–H and O–H groups in total. The Morgan fingerprint density at radius 3 is 2.83 bits per heavy atom. The summed E-state index contributed by atoms with van der Waals surface area (Å²) in [7, 11) is 1.65. The Labute approximate surface area is 179 Å². The number of aliphatic hydroxyl groups excluding tert-OH is 1. The van der Waals surface area contributed by atoms with Crippen molar-refractivity contribution in [2.45, 2.75) is 15.8 Å². The van der Waals surface area contributed by atoms with E-state index in [0.29, 0.717) is 5.82 Å². The molecule has 1 aromatic carbocycles. The van der Waals surface area contributed by atoms with Crippen LogP contribution >= 0.6 is 23.7 Å². The van der Waals surface area contributed by atoms with E-state index >= 15 is 0 Å². The van der Waals surface area contributed by atoms with Crippen LogP contribution in [0.25, 0.3) is 0 Å². The molecule has 0 fully saturated rings. The lowest BCUT2D eigenvalue weighted by atomic mass is 10.2. The minimum Gasteiger partial charge on any atom is -0.475 e. The number of thioether (sulfide) groups is 1. The number of aromatic nitrogens is 3. The van der Waals surface area contributed by atoms with E-state index in [2.05, 4.69) is 14.7 Å². The van der Waals surface area contributed by atoms with Gasteiger partial charge in [-0.1, -0.05) is 23.9 Å². The van der Waals surface area contributed by atoms with Gasteiger partial charge in [-0.25, -0.2) is 13.8 Å². The van der Waals surface area contributed by atoms with Crippen LogP contribution in [0.3, 0.4) is 0 Å². The topological polar surface area (TPSA) is 89.3 Å². The number of anilines is 1. The van der Waals surface area contributed by atoms with E-state index in [4.69, 9.17) is 9.84 Å². The van der Waals surface area contributed by atoms with Gasteiger partial charge in [0.25, 0.3) is 0 Å². The smallest absolute Gasteiger partial charge is 0.250 e. The Hall–Kier alpha value is -2.63. The van der Waals surface area contributed by atoms with Gasteiger partial charge < -0.3 is 19.1 Å². The van der Waals surface area contributed by atoms with Gasteiger partial charge in [0.2, 0.25) is 11.4 Å². The predicted molar refractivity (Wildman–Crippen MR) is 112 cm³/mol. The van der Waals surface area contributed by atoms with Crippen LogP contribution in [0, 0.1) is 11.6 Å². The number of nitrogens with one attached hydrogen (secondary N) is 1. The van der Waals surface area contributed by atoms with Crippen LogP contribution in [-0.4, -0.2) is 32.9 Å². The molecule has 0 aliphatic carbocycles. The van der Waals surface area contributed by atoms with Crippen molar-refractivity contribution in [1.82, 2.24) is 14.5 Å². The van der Waals surface area contributed by atoms with Gasteiger partial charge in [0.1, 0.15) is 12.4 Å². The van der Waals surface area contributed by atoms with Crippen molar-refractivity contribution in [3.8, 4) is 5.88 Å². The third-order valence-electron chi connectivity index (χ3n) is 3.74. The minimum atomic E-state index is -0.912. The summed E-state index contributed by atoms with van der Waals surface area (Å²) >= 11 is 2.35. The highest BCUT2D eigenvalue weighted by Crippen LogP contribution is 2.27. The van der Waals surface area contributed by atoms with Crippen LogP contribution in [0.5, 0.6) is 5.88 Å². The molecule has 30 heavy (non-hydrogen) atoms. The van der Waals surface area contributed by atoms with Crippen molar-refractivity contribution in [1.29, 1.82) is 0 Å². The SMILES string of the molecule is Cn1cc(SNc2cc(OCCO)nc(SCc3cccc(F)c3F)n2)ccc1=O. The summed E-state index contributed by atoms with van der Waals surface area (Å²) in [6.45, 7) is -0.135. The molecule has 2 aromatic heterocycles. The second-order valence-electron chi connectivity index (χ2n) is 5.97. The molecular formula is C19H18F2N4O3S2. The van der Waals surface area contributed by atoms with Crippen LogP contribution in [0.4, 0.5) is 14.6 Å². The molecule has 3 rings (SSSR count). The lowest BCUT2D eigenvalue weighted by molar-refractivity contribution is 0.195. The summed E-state index contributed by atoms with van der Waals surface area (Å²) in [5.41, 5.74) is 0.0729. The average molecular weight is 453 g/mol. The molecule has 11 heteroatoms. The monoisotopic (exact) mass is 452 g/mol. The van der Waals surface area contributed by atoms with Crippen molar-refractivity contribution in [2.24, 2.45) is 7.05 Å². The molecule has 0 amide bonds. The van der Waals surface area contributed by atoms with E-state index in [1.807, 2.05) is 0 Å². The molecule has 2 heterocycles. The van der Waals surface area contributed by atoms with Crippen molar-refractivity contribution in [2.75, 3.05) is 17.9 Å². The summed E-state index contributed by atoms with van der Waals surface area (Å²) in [5.74, 6) is -1.05. The van der Waals surface area contributed by atoms with Gasteiger partial charge in [0.05, 0.1) is 6.61 Å². The first kappa shape index (κ1) is 22.1. The van der Waals surface area contributed by atoms with Gasteiger partial charge in [0.15, 0.2) is 16.8 Å². The fourth-order valence-corrected chi connectivity index (χ4v) is 3.79. The van der Waals surface area contributed by atoms with Gasteiger partial charge in [0, 0.05) is 41.6 Å². The Balaban J connectivity index is 1.75. The van der Waals surface area contributed by atoms with E-state index in [1.54, 1.807) is 25.4 Å². The van der Waals surface area contributed by atoms with Gasteiger partial charge in [-0.15, -0.1) is 0 Å². The van der Waals surface area contributed by atoms with Crippen molar-refractivity contribution >= 4 is 29.5 Å². The number of hydrogen-bond acceptors (Lipinski definition) is 8. The van der Waals surface area contributed by atoms with E-state index in [1.165, 1.54) is 34.7 Å². The quantitative estimate of drug-likeness (QED) is 0.291. The van der Waals surface area contributed by atoms with E-state index < -0.39 is 11.6 Å². The molecule has 0 aliphatic rings. The number of hydrogen-bond donors (Lipinski definition) is 2.